The molecule has 6 nitrogen and oxygen atoms in total. The molecule has 0 spiro atoms. The molecule has 1 atom stereocenters. The number of carbonyl (C=O) groups excluding carboxylic acids is 1. The number of sulfonamides is 1. The average molecular weight is 423 g/mol. The van der Waals surface area contributed by atoms with E-state index in [0.29, 0.717) is 17.1 Å². The van der Waals surface area contributed by atoms with Crippen molar-refractivity contribution < 1.29 is 17.9 Å². The van der Waals surface area contributed by atoms with Gasteiger partial charge in [-0.05, 0) is 54.8 Å². The quantitative estimate of drug-likeness (QED) is 0.744. The van der Waals surface area contributed by atoms with Crippen LogP contribution in [0.1, 0.15) is 28.8 Å². The van der Waals surface area contributed by atoms with E-state index in [9.17, 15) is 13.2 Å². The van der Waals surface area contributed by atoms with Crippen molar-refractivity contribution in [2.45, 2.75) is 30.4 Å². The van der Waals surface area contributed by atoms with Crippen LogP contribution in [0.2, 0.25) is 5.02 Å². The standard InChI is InChI=1S/C20H23ClN2O4S/c1-23(28(25,26)19-10-8-17(21)9-11-19)14-15-4-6-16(7-5-15)20(24)22-13-18-3-2-12-27-18/h4-11,18H,2-3,12-14H2,1H3,(H,22,24)/t18-/m0/s1. The number of benzene rings is 2. The number of rotatable bonds is 7. The van der Waals surface area contributed by atoms with Crippen LogP contribution < -0.4 is 5.32 Å². The average Bonchev–Trinajstić information content (AvgIpc) is 3.20. The smallest absolute Gasteiger partial charge is 0.251 e. The van der Waals surface area contributed by atoms with E-state index >= 15 is 0 Å². The summed E-state index contributed by atoms with van der Waals surface area (Å²) in [4.78, 5) is 12.4. The molecule has 2 aromatic carbocycles. The molecule has 1 heterocycles. The molecule has 0 unspecified atom stereocenters. The van der Waals surface area contributed by atoms with Crippen molar-refractivity contribution in [2.75, 3.05) is 20.2 Å². The molecule has 1 aliphatic rings. The van der Waals surface area contributed by atoms with Crippen LogP contribution in [0.5, 0.6) is 0 Å². The van der Waals surface area contributed by atoms with Crippen LogP contribution in [0, 0.1) is 0 Å². The van der Waals surface area contributed by atoms with E-state index in [2.05, 4.69) is 5.32 Å². The van der Waals surface area contributed by atoms with E-state index < -0.39 is 10.0 Å². The van der Waals surface area contributed by atoms with Gasteiger partial charge in [0.15, 0.2) is 0 Å². The number of hydrogen-bond donors (Lipinski definition) is 1. The first kappa shape index (κ1) is 20.8. The first-order valence-corrected chi connectivity index (χ1v) is 10.9. The van der Waals surface area contributed by atoms with Gasteiger partial charge in [0.2, 0.25) is 10.0 Å². The summed E-state index contributed by atoms with van der Waals surface area (Å²) in [5.74, 6) is -0.163. The second kappa shape index (κ2) is 9.05. The number of nitrogens with zero attached hydrogens (tertiary/aromatic N) is 1. The summed E-state index contributed by atoms with van der Waals surface area (Å²) < 4.78 is 32.0. The summed E-state index contributed by atoms with van der Waals surface area (Å²) in [6.45, 7) is 1.45. The molecule has 3 rings (SSSR count). The SMILES string of the molecule is CN(Cc1ccc(C(=O)NC[C@@H]2CCCO2)cc1)S(=O)(=O)c1ccc(Cl)cc1. The van der Waals surface area contributed by atoms with Gasteiger partial charge in [-0.2, -0.15) is 4.31 Å². The molecule has 0 aromatic heterocycles. The molecule has 0 saturated carbocycles. The lowest BCUT2D eigenvalue weighted by molar-refractivity contribution is 0.0858. The Hall–Kier alpha value is -1.93. The monoisotopic (exact) mass is 422 g/mol. The lowest BCUT2D eigenvalue weighted by Gasteiger charge is -2.17. The molecule has 0 bridgehead atoms. The van der Waals surface area contributed by atoms with E-state index in [-0.39, 0.29) is 23.5 Å². The third kappa shape index (κ3) is 5.11. The predicted molar refractivity (Wildman–Crippen MR) is 108 cm³/mol. The van der Waals surface area contributed by atoms with Gasteiger partial charge in [0, 0.05) is 37.3 Å². The Bertz CT molecular complexity index is 908. The van der Waals surface area contributed by atoms with Crippen LogP contribution in [0.3, 0.4) is 0 Å². The molecule has 1 N–H and O–H groups in total. The molecular weight excluding hydrogens is 400 g/mol. The maximum Gasteiger partial charge on any atom is 0.251 e. The van der Waals surface area contributed by atoms with Crippen molar-refractivity contribution in [3.05, 3.63) is 64.7 Å². The number of halogens is 1. The highest BCUT2D eigenvalue weighted by molar-refractivity contribution is 7.89. The Balaban J connectivity index is 1.59. The van der Waals surface area contributed by atoms with Crippen molar-refractivity contribution in [2.24, 2.45) is 0 Å². The first-order chi connectivity index (χ1) is 13.4. The summed E-state index contributed by atoms with van der Waals surface area (Å²) in [6, 6.07) is 13.0. The number of carbonyl (C=O) groups is 1. The van der Waals surface area contributed by atoms with E-state index in [0.717, 1.165) is 25.0 Å². The molecule has 1 fully saturated rings. The lowest BCUT2D eigenvalue weighted by Crippen LogP contribution is -2.31. The number of amides is 1. The highest BCUT2D eigenvalue weighted by Gasteiger charge is 2.21. The minimum Gasteiger partial charge on any atom is -0.376 e. The fourth-order valence-corrected chi connectivity index (χ4v) is 4.29. The fourth-order valence-electron chi connectivity index (χ4n) is 3.00. The summed E-state index contributed by atoms with van der Waals surface area (Å²) >= 11 is 5.82. The molecule has 1 amide bonds. The molecule has 2 aromatic rings. The highest BCUT2D eigenvalue weighted by atomic mass is 35.5. The number of nitrogens with one attached hydrogen (secondary N) is 1. The van der Waals surface area contributed by atoms with E-state index in [1.807, 2.05) is 0 Å². The van der Waals surface area contributed by atoms with Gasteiger partial charge < -0.3 is 10.1 Å². The number of ether oxygens (including phenoxy) is 1. The minimum absolute atomic E-state index is 0.0925. The fraction of sp³-hybridized carbons (Fsp3) is 0.350. The summed E-state index contributed by atoms with van der Waals surface area (Å²) in [6.07, 6.45) is 2.09. The summed E-state index contributed by atoms with van der Waals surface area (Å²) in [5.41, 5.74) is 1.32. The third-order valence-electron chi connectivity index (χ3n) is 4.66. The third-order valence-corrected chi connectivity index (χ3v) is 6.73. The second-order valence-corrected chi connectivity index (χ2v) is 9.24. The van der Waals surface area contributed by atoms with Gasteiger partial charge >= 0.3 is 0 Å². The lowest BCUT2D eigenvalue weighted by atomic mass is 10.1. The Kier molecular flexibility index (Phi) is 6.72. The van der Waals surface area contributed by atoms with Crippen molar-refractivity contribution in [3.8, 4) is 0 Å². The number of hydrogen-bond acceptors (Lipinski definition) is 4. The maximum absolute atomic E-state index is 12.6. The van der Waals surface area contributed by atoms with Gasteiger partial charge in [-0.15, -0.1) is 0 Å². The van der Waals surface area contributed by atoms with Crippen molar-refractivity contribution in [1.29, 1.82) is 0 Å². The van der Waals surface area contributed by atoms with Gasteiger partial charge in [0.1, 0.15) is 0 Å². The summed E-state index contributed by atoms with van der Waals surface area (Å²) in [7, 11) is -2.10. The minimum atomic E-state index is -3.62. The van der Waals surface area contributed by atoms with Crippen LogP contribution in [0.15, 0.2) is 53.4 Å². The topological polar surface area (TPSA) is 75.7 Å². The van der Waals surface area contributed by atoms with E-state index in [4.69, 9.17) is 16.3 Å². The molecule has 8 heteroatoms. The highest BCUT2D eigenvalue weighted by Crippen LogP contribution is 2.19. The molecule has 0 aliphatic carbocycles. The molecule has 28 heavy (non-hydrogen) atoms. The van der Waals surface area contributed by atoms with E-state index in [1.54, 1.807) is 36.4 Å². The Morgan fingerprint density at radius 3 is 2.46 bits per heavy atom. The van der Waals surface area contributed by atoms with Crippen molar-refractivity contribution >= 4 is 27.5 Å². The predicted octanol–water partition coefficient (Wildman–Crippen LogP) is 3.07. The molecule has 0 radical (unpaired) electrons. The van der Waals surface area contributed by atoms with Crippen LogP contribution in [0.25, 0.3) is 0 Å². The molecule has 1 saturated heterocycles. The molecular formula is C20H23ClN2O4S. The van der Waals surface area contributed by atoms with E-state index in [1.165, 1.54) is 23.5 Å². The Morgan fingerprint density at radius 1 is 1.18 bits per heavy atom. The van der Waals surface area contributed by atoms with Crippen LogP contribution in [-0.4, -0.2) is 44.9 Å². The van der Waals surface area contributed by atoms with Gasteiger partial charge in [-0.25, -0.2) is 8.42 Å². The zero-order chi connectivity index (χ0) is 20.1. The van der Waals surface area contributed by atoms with Gasteiger partial charge in [0.25, 0.3) is 5.91 Å². The van der Waals surface area contributed by atoms with Crippen LogP contribution in [-0.2, 0) is 21.3 Å². The van der Waals surface area contributed by atoms with Crippen molar-refractivity contribution in [1.82, 2.24) is 9.62 Å². The van der Waals surface area contributed by atoms with Crippen molar-refractivity contribution in [3.63, 3.8) is 0 Å². The largest absolute Gasteiger partial charge is 0.376 e. The Labute approximate surface area is 170 Å². The van der Waals surface area contributed by atoms with Gasteiger partial charge in [-0.3, -0.25) is 4.79 Å². The molecule has 1 aliphatic heterocycles. The normalized spacial score (nSPS) is 17.0. The zero-order valence-electron chi connectivity index (χ0n) is 15.6. The Morgan fingerprint density at radius 2 is 1.86 bits per heavy atom. The van der Waals surface area contributed by atoms with Gasteiger partial charge in [0.05, 0.1) is 11.0 Å². The maximum atomic E-state index is 12.6. The van der Waals surface area contributed by atoms with Crippen LogP contribution in [0.4, 0.5) is 0 Å². The van der Waals surface area contributed by atoms with Gasteiger partial charge in [-0.1, -0.05) is 23.7 Å². The zero-order valence-corrected chi connectivity index (χ0v) is 17.2. The molecule has 150 valence electrons. The second-order valence-electron chi connectivity index (χ2n) is 6.76. The van der Waals surface area contributed by atoms with Crippen LogP contribution >= 0.6 is 11.6 Å². The summed E-state index contributed by atoms with van der Waals surface area (Å²) in [5, 5.41) is 3.35. The first-order valence-electron chi connectivity index (χ1n) is 9.07.